The van der Waals surface area contributed by atoms with Crippen LogP contribution < -0.4 is 0 Å². The van der Waals surface area contributed by atoms with Gasteiger partial charge in [-0.05, 0) is 45.4 Å². The van der Waals surface area contributed by atoms with E-state index in [9.17, 15) is 0 Å². The molecule has 0 unspecified atom stereocenters. The Kier molecular flexibility index (Phi) is 3.86. The maximum absolute atomic E-state index is 2.78. The van der Waals surface area contributed by atoms with Crippen molar-refractivity contribution < 1.29 is 0 Å². The molecule has 2 atom stereocenters. The lowest BCUT2D eigenvalue weighted by atomic mass is 9.95. The van der Waals surface area contributed by atoms with Crippen molar-refractivity contribution in [1.82, 2.24) is 4.90 Å². The Labute approximate surface area is 96.2 Å². The molecule has 15 heavy (non-hydrogen) atoms. The van der Waals surface area contributed by atoms with Crippen molar-refractivity contribution in [2.75, 3.05) is 0 Å². The summed E-state index contributed by atoms with van der Waals surface area (Å²) in [7, 11) is 0. The summed E-state index contributed by atoms with van der Waals surface area (Å²) in [5.41, 5.74) is 0.320. The van der Waals surface area contributed by atoms with E-state index < -0.39 is 0 Å². The van der Waals surface area contributed by atoms with Gasteiger partial charge in [0.2, 0.25) is 0 Å². The number of nitrogens with zero attached hydrogens (tertiary/aromatic N) is 1. The van der Waals surface area contributed by atoms with E-state index >= 15 is 0 Å². The third-order valence-electron chi connectivity index (χ3n) is 3.79. The molecule has 0 saturated carbocycles. The molecule has 1 saturated heterocycles. The van der Waals surface area contributed by atoms with Crippen LogP contribution in [0.4, 0.5) is 0 Å². The first-order valence-electron chi connectivity index (χ1n) is 6.53. The van der Waals surface area contributed by atoms with Gasteiger partial charge in [-0.15, -0.1) is 0 Å². The molecule has 0 amide bonds. The molecule has 1 fully saturated rings. The molecule has 0 aromatic heterocycles. The second-order valence-corrected chi connectivity index (χ2v) is 6.78. The minimum atomic E-state index is 0.320. The Morgan fingerprint density at radius 1 is 0.867 bits per heavy atom. The lowest BCUT2D eigenvalue weighted by Crippen LogP contribution is -2.52. The zero-order chi connectivity index (χ0) is 11.8. The molecule has 1 heteroatoms. The standard InChI is InChI=1S/C14H29N/c1-10(2)12-8-9-13(11(3)4)15(12)14(5,6)7/h10-13H,8-9H2,1-7H3/t12-,13+. The second-order valence-electron chi connectivity index (χ2n) is 6.78. The topological polar surface area (TPSA) is 3.24 Å². The van der Waals surface area contributed by atoms with E-state index in [1.165, 1.54) is 12.8 Å². The van der Waals surface area contributed by atoms with E-state index in [0.29, 0.717) is 5.54 Å². The minimum Gasteiger partial charge on any atom is -0.292 e. The minimum absolute atomic E-state index is 0.320. The molecule has 0 aromatic carbocycles. The summed E-state index contributed by atoms with van der Waals surface area (Å²) in [5, 5.41) is 0. The van der Waals surface area contributed by atoms with Crippen LogP contribution >= 0.6 is 0 Å². The van der Waals surface area contributed by atoms with Crippen molar-refractivity contribution in [2.24, 2.45) is 11.8 Å². The predicted molar refractivity (Wildman–Crippen MR) is 68.1 cm³/mol. The number of hydrogen-bond donors (Lipinski definition) is 0. The monoisotopic (exact) mass is 211 g/mol. The average molecular weight is 211 g/mol. The fourth-order valence-electron chi connectivity index (χ4n) is 3.17. The summed E-state index contributed by atoms with van der Waals surface area (Å²) in [5.74, 6) is 1.57. The van der Waals surface area contributed by atoms with Crippen LogP contribution in [-0.4, -0.2) is 22.5 Å². The van der Waals surface area contributed by atoms with E-state index in [1.807, 2.05) is 0 Å². The molecule has 1 rings (SSSR count). The summed E-state index contributed by atoms with van der Waals surface area (Å²) >= 11 is 0. The van der Waals surface area contributed by atoms with Crippen molar-refractivity contribution in [3.8, 4) is 0 Å². The predicted octanol–water partition coefficient (Wildman–Crippen LogP) is 3.93. The molecule has 1 heterocycles. The van der Waals surface area contributed by atoms with Crippen molar-refractivity contribution in [1.29, 1.82) is 0 Å². The summed E-state index contributed by atoms with van der Waals surface area (Å²) < 4.78 is 0. The van der Waals surface area contributed by atoms with E-state index in [-0.39, 0.29) is 0 Å². The number of rotatable bonds is 2. The van der Waals surface area contributed by atoms with Gasteiger partial charge >= 0.3 is 0 Å². The highest BCUT2D eigenvalue weighted by molar-refractivity contribution is 4.96. The molecule has 0 aliphatic carbocycles. The molecule has 0 aromatic rings. The van der Waals surface area contributed by atoms with Gasteiger partial charge in [0.05, 0.1) is 0 Å². The van der Waals surface area contributed by atoms with Crippen LogP contribution in [0.2, 0.25) is 0 Å². The van der Waals surface area contributed by atoms with Gasteiger partial charge in [0.15, 0.2) is 0 Å². The lowest BCUT2D eigenvalue weighted by Gasteiger charge is -2.44. The fraction of sp³-hybridized carbons (Fsp3) is 1.00. The summed E-state index contributed by atoms with van der Waals surface area (Å²) in [6.07, 6.45) is 2.77. The van der Waals surface area contributed by atoms with Crippen LogP contribution in [0.15, 0.2) is 0 Å². The van der Waals surface area contributed by atoms with Crippen molar-refractivity contribution >= 4 is 0 Å². The van der Waals surface area contributed by atoms with Crippen LogP contribution in [0.25, 0.3) is 0 Å². The van der Waals surface area contributed by atoms with Gasteiger partial charge in [0, 0.05) is 17.6 Å². The third kappa shape index (κ3) is 2.75. The van der Waals surface area contributed by atoms with Crippen molar-refractivity contribution in [3.63, 3.8) is 0 Å². The summed E-state index contributed by atoms with van der Waals surface area (Å²) in [6.45, 7) is 16.6. The lowest BCUT2D eigenvalue weighted by molar-refractivity contribution is 0.0377. The van der Waals surface area contributed by atoms with E-state index in [1.54, 1.807) is 0 Å². The Morgan fingerprint density at radius 3 is 1.40 bits per heavy atom. The zero-order valence-corrected chi connectivity index (χ0v) is 11.7. The Balaban J connectivity index is 2.88. The second kappa shape index (κ2) is 4.45. The van der Waals surface area contributed by atoms with Gasteiger partial charge in [0.25, 0.3) is 0 Å². The largest absolute Gasteiger partial charge is 0.292 e. The van der Waals surface area contributed by atoms with Gasteiger partial charge in [-0.1, -0.05) is 27.7 Å². The van der Waals surface area contributed by atoms with Crippen LogP contribution in [0.5, 0.6) is 0 Å². The normalized spacial score (nSPS) is 29.4. The Bertz CT molecular complexity index is 184. The highest BCUT2D eigenvalue weighted by atomic mass is 15.3. The van der Waals surface area contributed by atoms with E-state index in [4.69, 9.17) is 0 Å². The quantitative estimate of drug-likeness (QED) is 0.669. The van der Waals surface area contributed by atoms with Gasteiger partial charge in [-0.25, -0.2) is 0 Å². The third-order valence-corrected chi connectivity index (χ3v) is 3.79. The molecular weight excluding hydrogens is 182 g/mol. The maximum Gasteiger partial charge on any atom is 0.0131 e. The van der Waals surface area contributed by atoms with Crippen LogP contribution in [0.1, 0.15) is 61.3 Å². The van der Waals surface area contributed by atoms with Crippen molar-refractivity contribution in [2.45, 2.75) is 78.9 Å². The first-order chi connectivity index (χ1) is 6.75. The molecule has 1 nitrogen and oxygen atoms in total. The number of hydrogen-bond acceptors (Lipinski definition) is 1. The molecule has 1 aliphatic heterocycles. The highest BCUT2D eigenvalue weighted by Crippen LogP contribution is 2.38. The van der Waals surface area contributed by atoms with E-state index in [0.717, 1.165) is 23.9 Å². The average Bonchev–Trinajstić information content (AvgIpc) is 2.45. The molecule has 90 valence electrons. The van der Waals surface area contributed by atoms with Crippen LogP contribution in [-0.2, 0) is 0 Å². The molecule has 0 bridgehead atoms. The van der Waals surface area contributed by atoms with Gasteiger partial charge in [0.1, 0.15) is 0 Å². The highest BCUT2D eigenvalue weighted by Gasteiger charge is 2.41. The molecule has 0 radical (unpaired) electrons. The Morgan fingerprint density at radius 2 is 1.20 bits per heavy atom. The van der Waals surface area contributed by atoms with Crippen LogP contribution in [0.3, 0.4) is 0 Å². The maximum atomic E-state index is 2.78. The molecule has 0 N–H and O–H groups in total. The fourth-order valence-corrected chi connectivity index (χ4v) is 3.17. The molecule has 1 aliphatic rings. The summed E-state index contributed by atoms with van der Waals surface area (Å²) in [6, 6.07) is 1.58. The SMILES string of the molecule is CC(C)[C@H]1CC[C@@H](C(C)C)N1C(C)(C)C. The smallest absolute Gasteiger partial charge is 0.0131 e. The molecular formula is C14H29N. The molecule has 0 spiro atoms. The summed E-state index contributed by atoms with van der Waals surface area (Å²) in [4.78, 5) is 2.78. The van der Waals surface area contributed by atoms with Gasteiger partial charge in [-0.2, -0.15) is 0 Å². The van der Waals surface area contributed by atoms with Gasteiger partial charge < -0.3 is 0 Å². The zero-order valence-electron chi connectivity index (χ0n) is 11.7. The Hall–Kier alpha value is -0.0400. The van der Waals surface area contributed by atoms with E-state index in [2.05, 4.69) is 53.4 Å². The van der Waals surface area contributed by atoms with Gasteiger partial charge in [-0.3, -0.25) is 4.90 Å². The first kappa shape index (κ1) is 13.0. The number of likely N-dealkylation sites (tertiary alicyclic amines) is 1. The van der Waals surface area contributed by atoms with Crippen molar-refractivity contribution in [3.05, 3.63) is 0 Å². The van der Waals surface area contributed by atoms with Crippen LogP contribution in [0, 0.1) is 11.8 Å². The first-order valence-corrected chi connectivity index (χ1v) is 6.53.